The second kappa shape index (κ2) is 14.5. The Morgan fingerprint density at radius 2 is 1.39 bits per heavy atom. The van der Waals surface area contributed by atoms with Gasteiger partial charge in [-0.25, -0.2) is 8.42 Å². The summed E-state index contributed by atoms with van der Waals surface area (Å²) in [7, 11) is -4.15. The van der Waals surface area contributed by atoms with Crippen molar-refractivity contribution in [3.8, 4) is 0 Å². The molecule has 0 aliphatic carbocycles. The van der Waals surface area contributed by atoms with E-state index in [2.05, 4.69) is 37.2 Å². The number of amides is 2. The zero-order valence-corrected chi connectivity index (χ0v) is 28.8. The molecule has 7 nitrogen and oxygen atoms in total. The zero-order chi connectivity index (χ0) is 31.9. The average Bonchev–Trinajstić information content (AvgIpc) is 2.98. The first-order chi connectivity index (χ1) is 20.8. The molecule has 4 aromatic rings. The predicted molar refractivity (Wildman–Crippen MR) is 182 cm³/mol. The summed E-state index contributed by atoms with van der Waals surface area (Å²) in [6.45, 7) is 5.23. The maximum atomic E-state index is 14.5. The third kappa shape index (κ3) is 9.03. The van der Waals surface area contributed by atoms with Crippen molar-refractivity contribution in [3.05, 3.63) is 129 Å². The Labute approximate surface area is 276 Å². The summed E-state index contributed by atoms with van der Waals surface area (Å²) < 4.78 is 30.7. The lowest BCUT2D eigenvalue weighted by Crippen LogP contribution is -2.56. The molecule has 10 heteroatoms. The number of benzene rings is 4. The number of halogens is 2. The number of hydrogen-bond acceptors (Lipinski definition) is 4. The van der Waals surface area contributed by atoms with Gasteiger partial charge in [-0.1, -0.05) is 98.6 Å². The van der Waals surface area contributed by atoms with Crippen LogP contribution in [0.2, 0.25) is 0 Å². The monoisotopic (exact) mass is 739 g/mol. The molecule has 4 aromatic carbocycles. The molecule has 1 N–H and O–H groups in total. The highest BCUT2D eigenvalue weighted by molar-refractivity contribution is 9.10. The van der Waals surface area contributed by atoms with Crippen LogP contribution in [0.15, 0.2) is 123 Å². The van der Waals surface area contributed by atoms with Gasteiger partial charge in [0.15, 0.2) is 0 Å². The first-order valence-corrected chi connectivity index (χ1v) is 17.1. The summed E-state index contributed by atoms with van der Waals surface area (Å²) in [6, 6.07) is 30.8. The minimum absolute atomic E-state index is 0.0542. The average molecular weight is 742 g/mol. The molecular formula is C34H35Br2N3O4S. The Kier molecular flexibility index (Phi) is 11.0. The molecule has 2 amide bonds. The lowest BCUT2D eigenvalue weighted by Gasteiger charge is -2.35. The second-order valence-electron chi connectivity index (χ2n) is 11.4. The summed E-state index contributed by atoms with van der Waals surface area (Å²) in [6.07, 6.45) is 0.243. The van der Waals surface area contributed by atoms with Gasteiger partial charge in [-0.15, -0.1) is 0 Å². The number of anilines is 1. The Morgan fingerprint density at radius 1 is 0.773 bits per heavy atom. The van der Waals surface area contributed by atoms with Gasteiger partial charge in [0.2, 0.25) is 11.8 Å². The smallest absolute Gasteiger partial charge is 0.264 e. The first-order valence-electron chi connectivity index (χ1n) is 14.1. The normalized spacial score (nSPS) is 12.3. The summed E-state index contributed by atoms with van der Waals surface area (Å²) in [4.78, 5) is 29.9. The van der Waals surface area contributed by atoms with Crippen molar-refractivity contribution in [2.45, 2.75) is 50.2 Å². The van der Waals surface area contributed by atoms with Gasteiger partial charge in [0.05, 0.1) is 10.6 Å². The van der Waals surface area contributed by atoms with E-state index in [-0.39, 0.29) is 23.8 Å². The molecule has 0 aliphatic rings. The molecule has 0 aliphatic heterocycles. The van der Waals surface area contributed by atoms with Crippen LogP contribution in [-0.4, -0.2) is 43.3 Å². The number of carbonyl (C=O) groups is 2. The lowest BCUT2D eigenvalue weighted by molar-refractivity contribution is -0.140. The van der Waals surface area contributed by atoms with Crippen LogP contribution in [0.3, 0.4) is 0 Å². The maximum Gasteiger partial charge on any atom is 0.264 e. The van der Waals surface area contributed by atoms with Gasteiger partial charge < -0.3 is 10.2 Å². The summed E-state index contributed by atoms with van der Waals surface area (Å²) in [5.41, 5.74) is 1.43. The topological polar surface area (TPSA) is 86.8 Å². The van der Waals surface area contributed by atoms with E-state index < -0.39 is 34.1 Å². The number of nitrogens with one attached hydrogen (secondary N) is 1. The lowest BCUT2D eigenvalue weighted by atomic mass is 10.0. The second-order valence-corrected chi connectivity index (χ2v) is 15.1. The van der Waals surface area contributed by atoms with Crippen molar-refractivity contribution in [1.29, 1.82) is 0 Å². The van der Waals surface area contributed by atoms with E-state index >= 15 is 0 Å². The van der Waals surface area contributed by atoms with Crippen LogP contribution in [0.1, 0.15) is 31.9 Å². The summed E-state index contributed by atoms with van der Waals surface area (Å²) >= 11 is 6.89. The van der Waals surface area contributed by atoms with Crippen molar-refractivity contribution < 1.29 is 18.0 Å². The molecule has 0 heterocycles. The Morgan fingerprint density at radius 3 is 1.98 bits per heavy atom. The van der Waals surface area contributed by atoms with E-state index in [1.807, 2.05) is 75.4 Å². The fraction of sp³-hybridized carbons (Fsp3) is 0.235. The van der Waals surface area contributed by atoms with E-state index in [9.17, 15) is 18.0 Å². The molecule has 0 fully saturated rings. The van der Waals surface area contributed by atoms with Crippen LogP contribution in [0.25, 0.3) is 0 Å². The number of nitrogens with zero attached hydrogens (tertiary/aromatic N) is 2. The van der Waals surface area contributed by atoms with Crippen molar-refractivity contribution in [2.24, 2.45) is 0 Å². The molecule has 4 rings (SSSR count). The molecule has 0 unspecified atom stereocenters. The van der Waals surface area contributed by atoms with Crippen molar-refractivity contribution in [1.82, 2.24) is 10.2 Å². The summed E-state index contributed by atoms with van der Waals surface area (Å²) in [5, 5.41) is 3.04. The van der Waals surface area contributed by atoms with Crippen molar-refractivity contribution in [2.75, 3.05) is 10.8 Å². The molecule has 0 saturated carbocycles. The standard InChI is InChI=1S/C34H35Br2N3O4S/c1-34(2,3)37-33(41)31(21-25-11-6-4-7-12-25)38(23-26-17-19-27(35)20-18-26)32(40)24-39(29-14-10-13-28(36)22-29)44(42,43)30-15-8-5-9-16-30/h4-20,22,31H,21,23-24H2,1-3H3,(H,37,41)/t31-/m1/s1. The third-order valence-corrected chi connectivity index (χ3v) is 9.55. The van der Waals surface area contributed by atoms with Crippen LogP contribution in [0.5, 0.6) is 0 Å². The van der Waals surface area contributed by atoms with Gasteiger partial charge >= 0.3 is 0 Å². The third-order valence-electron chi connectivity index (χ3n) is 6.74. The molecule has 0 radical (unpaired) electrons. The van der Waals surface area contributed by atoms with E-state index in [1.54, 1.807) is 42.5 Å². The quantitative estimate of drug-likeness (QED) is 0.180. The van der Waals surface area contributed by atoms with Gasteiger partial charge in [0.1, 0.15) is 12.6 Å². The van der Waals surface area contributed by atoms with Crippen LogP contribution < -0.4 is 9.62 Å². The Hall–Kier alpha value is -3.47. The number of carbonyl (C=O) groups excluding carboxylic acids is 2. The van der Waals surface area contributed by atoms with Crippen molar-refractivity contribution >= 4 is 59.4 Å². The van der Waals surface area contributed by atoms with Gasteiger partial charge in [-0.2, -0.15) is 0 Å². The molecule has 1 atom stereocenters. The summed E-state index contributed by atoms with van der Waals surface area (Å²) in [5.74, 6) is -0.843. The fourth-order valence-electron chi connectivity index (χ4n) is 4.67. The highest BCUT2D eigenvalue weighted by atomic mass is 79.9. The van der Waals surface area contributed by atoms with Gasteiger partial charge in [-0.3, -0.25) is 13.9 Å². The van der Waals surface area contributed by atoms with E-state index in [0.29, 0.717) is 10.2 Å². The van der Waals surface area contributed by atoms with Crippen LogP contribution >= 0.6 is 31.9 Å². The fourth-order valence-corrected chi connectivity index (χ4v) is 6.75. The van der Waals surface area contributed by atoms with E-state index in [0.717, 1.165) is 19.9 Å². The highest BCUT2D eigenvalue weighted by Gasteiger charge is 2.35. The van der Waals surface area contributed by atoms with Crippen LogP contribution in [0, 0.1) is 0 Å². The molecule has 0 spiro atoms. The molecule has 0 bridgehead atoms. The van der Waals surface area contributed by atoms with E-state index in [4.69, 9.17) is 0 Å². The van der Waals surface area contributed by atoms with Crippen molar-refractivity contribution in [3.63, 3.8) is 0 Å². The largest absolute Gasteiger partial charge is 0.350 e. The molecule has 44 heavy (non-hydrogen) atoms. The van der Waals surface area contributed by atoms with E-state index in [1.165, 1.54) is 17.0 Å². The van der Waals surface area contributed by atoms with Crippen LogP contribution in [0.4, 0.5) is 5.69 Å². The molecule has 230 valence electrons. The number of rotatable bonds is 11. The molecule has 0 saturated heterocycles. The van der Waals surface area contributed by atoms with Gasteiger partial charge in [0, 0.05) is 27.4 Å². The Balaban J connectivity index is 1.81. The van der Waals surface area contributed by atoms with Crippen LogP contribution in [-0.2, 0) is 32.6 Å². The minimum Gasteiger partial charge on any atom is -0.350 e. The minimum atomic E-state index is -4.15. The molecular weight excluding hydrogens is 706 g/mol. The number of sulfonamides is 1. The van der Waals surface area contributed by atoms with Gasteiger partial charge in [0.25, 0.3) is 10.0 Å². The first kappa shape index (κ1) is 33.4. The zero-order valence-electron chi connectivity index (χ0n) is 24.8. The Bertz CT molecular complexity index is 1680. The highest BCUT2D eigenvalue weighted by Crippen LogP contribution is 2.27. The SMILES string of the molecule is CC(C)(C)NC(=O)[C@@H](Cc1ccccc1)N(Cc1ccc(Br)cc1)C(=O)CN(c1cccc(Br)c1)S(=O)(=O)c1ccccc1. The number of hydrogen-bond donors (Lipinski definition) is 1. The molecule has 0 aromatic heterocycles. The predicted octanol–water partition coefficient (Wildman–Crippen LogP) is 6.96. The maximum absolute atomic E-state index is 14.5. The van der Waals surface area contributed by atoms with Gasteiger partial charge in [-0.05, 0) is 74.4 Å².